The molecule has 1 fully saturated rings. The van der Waals surface area contributed by atoms with Gasteiger partial charge in [0.1, 0.15) is 0 Å². The highest BCUT2D eigenvalue weighted by molar-refractivity contribution is 5.75. The molecule has 0 heterocycles. The monoisotopic (exact) mass is 140 g/mol. The maximum Gasteiger partial charge on any atom is 0.313 e. The number of allylic oxidation sites excluding steroid dienone is 1. The van der Waals surface area contributed by atoms with E-state index >= 15 is 0 Å². The first kappa shape index (κ1) is 7.32. The molecule has 1 aliphatic rings. The van der Waals surface area contributed by atoms with Gasteiger partial charge in [0.15, 0.2) is 0 Å². The van der Waals surface area contributed by atoms with Crippen LogP contribution in [-0.2, 0) is 9.53 Å². The van der Waals surface area contributed by atoms with Crippen LogP contribution in [0.2, 0.25) is 0 Å². The van der Waals surface area contributed by atoms with E-state index in [-0.39, 0.29) is 11.9 Å². The molecule has 56 valence electrons. The molecule has 0 atom stereocenters. The third-order valence-electron chi connectivity index (χ3n) is 1.32. The molecular weight excluding hydrogens is 128 g/mol. The first-order valence-electron chi connectivity index (χ1n) is 3.54. The second kappa shape index (κ2) is 2.86. The van der Waals surface area contributed by atoms with Crippen LogP contribution in [0.5, 0.6) is 0 Å². The Balaban J connectivity index is 2.24. The third kappa shape index (κ3) is 2.21. The Morgan fingerprint density at radius 2 is 2.10 bits per heavy atom. The lowest BCUT2D eigenvalue weighted by Crippen LogP contribution is -2.01. The van der Waals surface area contributed by atoms with Crippen molar-refractivity contribution in [3.63, 3.8) is 0 Å². The van der Waals surface area contributed by atoms with Gasteiger partial charge in [-0.3, -0.25) is 4.79 Å². The van der Waals surface area contributed by atoms with Crippen molar-refractivity contribution in [2.24, 2.45) is 5.92 Å². The molecule has 1 aliphatic carbocycles. The molecular formula is C8H12O2. The Morgan fingerprint density at radius 1 is 1.50 bits per heavy atom. The Bertz CT molecular complexity index is 162. The van der Waals surface area contributed by atoms with Crippen molar-refractivity contribution >= 4 is 5.97 Å². The predicted octanol–water partition coefficient (Wildman–Crippen LogP) is 1.86. The molecule has 0 aliphatic heterocycles. The number of carbonyl (C=O) groups is 1. The van der Waals surface area contributed by atoms with Crippen LogP contribution in [-0.4, -0.2) is 5.97 Å². The van der Waals surface area contributed by atoms with E-state index in [1.165, 1.54) is 6.26 Å². The molecule has 1 saturated carbocycles. The quantitative estimate of drug-likeness (QED) is 0.432. The number of carbonyl (C=O) groups excluding carboxylic acids is 1. The third-order valence-corrected chi connectivity index (χ3v) is 1.32. The smallest absolute Gasteiger partial charge is 0.313 e. The van der Waals surface area contributed by atoms with E-state index in [9.17, 15) is 4.79 Å². The average molecular weight is 140 g/mol. The largest absolute Gasteiger partial charge is 0.434 e. The number of hydrogen-bond donors (Lipinski definition) is 0. The molecule has 0 aromatic rings. The van der Waals surface area contributed by atoms with Crippen LogP contribution < -0.4 is 0 Å². The van der Waals surface area contributed by atoms with Crippen LogP contribution in [0.25, 0.3) is 0 Å². The minimum atomic E-state index is -0.0683. The minimum Gasteiger partial charge on any atom is -0.434 e. The summed E-state index contributed by atoms with van der Waals surface area (Å²) in [6.07, 6.45) is 3.53. The second-order valence-corrected chi connectivity index (χ2v) is 2.91. The Labute approximate surface area is 60.9 Å². The molecule has 1 rings (SSSR count). The summed E-state index contributed by atoms with van der Waals surface area (Å²) in [5.41, 5.74) is 1.02. The van der Waals surface area contributed by atoms with E-state index in [4.69, 9.17) is 4.74 Å². The van der Waals surface area contributed by atoms with Gasteiger partial charge in [-0.1, -0.05) is 0 Å². The molecule has 0 spiro atoms. The lowest BCUT2D eigenvalue weighted by Gasteiger charge is -1.95. The van der Waals surface area contributed by atoms with Gasteiger partial charge in [0.25, 0.3) is 0 Å². The van der Waals surface area contributed by atoms with Gasteiger partial charge < -0.3 is 4.74 Å². The maximum atomic E-state index is 10.8. The molecule has 10 heavy (non-hydrogen) atoms. The number of hydrogen-bond acceptors (Lipinski definition) is 2. The van der Waals surface area contributed by atoms with Crippen molar-refractivity contribution in [3.05, 3.63) is 11.8 Å². The van der Waals surface area contributed by atoms with Gasteiger partial charge in [0, 0.05) is 0 Å². The fourth-order valence-electron chi connectivity index (χ4n) is 0.591. The minimum absolute atomic E-state index is 0.0683. The van der Waals surface area contributed by atoms with E-state index in [0.717, 1.165) is 18.4 Å². The van der Waals surface area contributed by atoms with Crippen LogP contribution >= 0.6 is 0 Å². The van der Waals surface area contributed by atoms with Gasteiger partial charge in [-0.2, -0.15) is 0 Å². The normalized spacial score (nSPS) is 16.2. The predicted molar refractivity (Wildman–Crippen MR) is 38.2 cm³/mol. The summed E-state index contributed by atoms with van der Waals surface area (Å²) >= 11 is 0. The highest BCUT2D eigenvalue weighted by atomic mass is 16.5. The molecule has 0 aromatic heterocycles. The summed E-state index contributed by atoms with van der Waals surface area (Å²) in [4.78, 5) is 10.8. The van der Waals surface area contributed by atoms with Gasteiger partial charge in [-0.15, -0.1) is 0 Å². The number of ether oxygens (including phenoxy) is 1. The molecule has 0 aromatic carbocycles. The summed E-state index contributed by atoms with van der Waals surface area (Å²) in [6.45, 7) is 3.81. The van der Waals surface area contributed by atoms with Crippen molar-refractivity contribution in [1.82, 2.24) is 0 Å². The van der Waals surface area contributed by atoms with Crippen LogP contribution in [0, 0.1) is 5.92 Å². The van der Waals surface area contributed by atoms with Crippen LogP contribution in [0.15, 0.2) is 11.8 Å². The van der Waals surface area contributed by atoms with E-state index in [1.54, 1.807) is 0 Å². The maximum absolute atomic E-state index is 10.8. The zero-order chi connectivity index (χ0) is 7.56. The van der Waals surface area contributed by atoms with Gasteiger partial charge in [0.05, 0.1) is 12.2 Å². The van der Waals surface area contributed by atoms with Crippen molar-refractivity contribution in [2.45, 2.75) is 26.7 Å². The zero-order valence-corrected chi connectivity index (χ0v) is 6.39. The van der Waals surface area contributed by atoms with Crippen molar-refractivity contribution < 1.29 is 9.53 Å². The zero-order valence-electron chi connectivity index (χ0n) is 6.39. The first-order valence-corrected chi connectivity index (χ1v) is 3.54. The van der Waals surface area contributed by atoms with E-state index in [0.29, 0.717) is 0 Å². The van der Waals surface area contributed by atoms with E-state index in [1.807, 2.05) is 13.8 Å². The van der Waals surface area contributed by atoms with Crippen LogP contribution in [0.4, 0.5) is 0 Å². The average Bonchev–Trinajstić information content (AvgIpc) is 2.63. The van der Waals surface area contributed by atoms with Gasteiger partial charge in [-0.25, -0.2) is 0 Å². The van der Waals surface area contributed by atoms with Crippen molar-refractivity contribution in [1.29, 1.82) is 0 Å². The summed E-state index contributed by atoms with van der Waals surface area (Å²) in [5.74, 6) is 0.136. The highest BCUT2D eigenvalue weighted by Gasteiger charge is 2.30. The Morgan fingerprint density at radius 3 is 2.50 bits per heavy atom. The SMILES string of the molecule is CC(C)=COC(=O)C1CC1. The highest BCUT2D eigenvalue weighted by Crippen LogP contribution is 2.30. The summed E-state index contributed by atoms with van der Waals surface area (Å²) < 4.78 is 4.83. The fraction of sp³-hybridized carbons (Fsp3) is 0.625. The van der Waals surface area contributed by atoms with E-state index in [2.05, 4.69) is 0 Å². The molecule has 0 unspecified atom stereocenters. The second-order valence-electron chi connectivity index (χ2n) is 2.91. The van der Waals surface area contributed by atoms with E-state index < -0.39 is 0 Å². The molecule has 0 amide bonds. The summed E-state index contributed by atoms with van der Waals surface area (Å²) in [6, 6.07) is 0. The lowest BCUT2D eigenvalue weighted by atomic mass is 10.4. The lowest BCUT2D eigenvalue weighted by molar-refractivity contribution is -0.139. The summed E-state index contributed by atoms with van der Waals surface area (Å²) in [7, 11) is 0. The summed E-state index contributed by atoms with van der Waals surface area (Å²) in [5, 5.41) is 0. The van der Waals surface area contributed by atoms with Crippen LogP contribution in [0.3, 0.4) is 0 Å². The first-order chi connectivity index (χ1) is 4.70. The number of esters is 1. The van der Waals surface area contributed by atoms with Gasteiger partial charge in [0.2, 0.25) is 0 Å². The Kier molecular flexibility index (Phi) is 2.10. The standard InChI is InChI=1S/C8H12O2/c1-6(2)5-10-8(9)7-3-4-7/h5,7H,3-4H2,1-2H3. The molecule has 0 bridgehead atoms. The molecule has 2 heteroatoms. The molecule has 2 nitrogen and oxygen atoms in total. The fourth-order valence-corrected chi connectivity index (χ4v) is 0.591. The molecule has 0 saturated heterocycles. The van der Waals surface area contributed by atoms with Crippen molar-refractivity contribution in [2.75, 3.05) is 0 Å². The van der Waals surface area contributed by atoms with Crippen molar-refractivity contribution in [3.8, 4) is 0 Å². The number of rotatable bonds is 2. The molecule has 0 N–H and O–H groups in total. The topological polar surface area (TPSA) is 26.3 Å². The molecule has 0 radical (unpaired) electrons. The Hall–Kier alpha value is -0.790. The van der Waals surface area contributed by atoms with Crippen LogP contribution in [0.1, 0.15) is 26.7 Å². The van der Waals surface area contributed by atoms with Gasteiger partial charge >= 0.3 is 5.97 Å². The van der Waals surface area contributed by atoms with Gasteiger partial charge in [-0.05, 0) is 32.3 Å².